The van der Waals surface area contributed by atoms with Gasteiger partial charge in [-0.3, -0.25) is 18.7 Å². The maximum Gasteiger partial charge on any atom is 0.333 e. The minimum atomic E-state index is -4.16. The second-order valence-corrected chi connectivity index (χ2v) is 9.14. The molecule has 0 atom stereocenters. The van der Waals surface area contributed by atoms with E-state index in [4.69, 9.17) is 21.9 Å². The molecule has 0 bridgehead atoms. The molecule has 0 aliphatic carbocycles. The zero-order valence-electron chi connectivity index (χ0n) is 17.8. The SMILES string of the molecule is C#CCn1c(=O)c(NC(=O)CCc2ccccc2C)c(N)n(CCCCP(=O)(O)O)c1=O. The molecule has 0 radical (unpaired) electrons. The molecule has 32 heavy (non-hydrogen) atoms. The van der Waals surface area contributed by atoms with Crippen molar-refractivity contribution in [2.45, 2.75) is 45.7 Å². The topological polar surface area (TPSA) is 157 Å². The highest BCUT2D eigenvalue weighted by Crippen LogP contribution is 2.35. The maximum absolute atomic E-state index is 12.7. The van der Waals surface area contributed by atoms with E-state index in [0.717, 1.165) is 20.3 Å². The lowest BCUT2D eigenvalue weighted by Gasteiger charge is -2.16. The van der Waals surface area contributed by atoms with Gasteiger partial charge < -0.3 is 20.8 Å². The number of terminal acetylenes is 1. The lowest BCUT2D eigenvalue weighted by molar-refractivity contribution is -0.116. The Labute approximate surface area is 185 Å². The molecule has 10 nitrogen and oxygen atoms in total. The number of unbranched alkanes of at least 4 members (excludes halogenated alkanes) is 1. The average molecular weight is 462 g/mol. The van der Waals surface area contributed by atoms with Gasteiger partial charge in [-0.15, -0.1) is 6.42 Å². The number of aromatic nitrogens is 2. The molecule has 2 aromatic rings. The Balaban J connectivity index is 2.25. The number of rotatable bonds is 10. The van der Waals surface area contributed by atoms with Crippen LogP contribution in [0, 0.1) is 19.3 Å². The smallest absolute Gasteiger partial charge is 0.333 e. The summed E-state index contributed by atoms with van der Waals surface area (Å²) in [5.41, 5.74) is 6.26. The Bertz CT molecular complexity index is 1190. The van der Waals surface area contributed by atoms with Crippen molar-refractivity contribution in [2.24, 2.45) is 0 Å². The number of hydrogen-bond donors (Lipinski definition) is 4. The van der Waals surface area contributed by atoms with Crippen LogP contribution in [0.3, 0.4) is 0 Å². The Morgan fingerprint density at radius 3 is 2.53 bits per heavy atom. The number of aryl methyl sites for hydroxylation is 2. The van der Waals surface area contributed by atoms with E-state index in [1.807, 2.05) is 31.2 Å². The Hall–Kier alpha value is -3.12. The number of carbonyl (C=O) groups excluding carboxylic acids is 1. The van der Waals surface area contributed by atoms with E-state index in [-0.39, 0.29) is 50.0 Å². The summed E-state index contributed by atoms with van der Waals surface area (Å²) in [5, 5.41) is 2.50. The van der Waals surface area contributed by atoms with E-state index < -0.39 is 24.8 Å². The molecule has 5 N–H and O–H groups in total. The summed E-state index contributed by atoms with van der Waals surface area (Å²) in [6.45, 7) is 1.63. The van der Waals surface area contributed by atoms with Crippen LogP contribution < -0.4 is 22.3 Å². The maximum atomic E-state index is 12.7. The van der Waals surface area contributed by atoms with E-state index in [1.165, 1.54) is 0 Å². The van der Waals surface area contributed by atoms with Crippen LogP contribution in [0.1, 0.15) is 30.4 Å². The van der Waals surface area contributed by atoms with Crippen molar-refractivity contribution in [3.8, 4) is 12.3 Å². The Kier molecular flexibility index (Phi) is 8.61. The summed E-state index contributed by atoms with van der Waals surface area (Å²) in [5.74, 6) is 1.55. The number of hydrogen-bond acceptors (Lipinski definition) is 5. The van der Waals surface area contributed by atoms with E-state index in [0.29, 0.717) is 6.42 Å². The van der Waals surface area contributed by atoms with Gasteiger partial charge >= 0.3 is 13.3 Å². The van der Waals surface area contributed by atoms with Crippen LogP contribution in [0.4, 0.5) is 11.5 Å². The van der Waals surface area contributed by atoms with Gasteiger partial charge in [0.2, 0.25) is 5.91 Å². The molecular formula is C21H27N4O6P. The first-order valence-corrected chi connectivity index (χ1v) is 11.8. The standard InChI is InChI=1S/C21H27N4O6P/c1-3-12-25-20(27)18(23-17(26)11-10-16-9-5-4-8-15(16)2)19(22)24(21(25)28)13-6-7-14-32(29,30)31/h1,4-5,8-9H,6-7,10-14,22H2,2H3,(H,23,26)(H2,29,30,31). The van der Waals surface area contributed by atoms with Crippen molar-refractivity contribution in [3.63, 3.8) is 0 Å². The fourth-order valence-electron chi connectivity index (χ4n) is 3.21. The number of amides is 1. The number of nitrogens with one attached hydrogen (secondary N) is 1. The summed E-state index contributed by atoms with van der Waals surface area (Å²) in [7, 11) is -4.16. The number of nitrogens with two attached hydrogens (primary N) is 1. The van der Waals surface area contributed by atoms with Crippen molar-refractivity contribution >= 4 is 25.0 Å². The largest absolute Gasteiger partial charge is 0.383 e. The molecule has 2 rings (SSSR count). The van der Waals surface area contributed by atoms with Gasteiger partial charge in [0.15, 0.2) is 0 Å². The minimum Gasteiger partial charge on any atom is -0.383 e. The summed E-state index contributed by atoms with van der Waals surface area (Å²) in [6, 6.07) is 7.62. The second-order valence-electron chi connectivity index (χ2n) is 7.36. The third-order valence-corrected chi connectivity index (χ3v) is 5.84. The first-order chi connectivity index (χ1) is 15.0. The number of nitrogens with zero attached hydrogens (tertiary/aromatic N) is 2. The number of benzene rings is 1. The van der Waals surface area contributed by atoms with E-state index in [9.17, 15) is 18.9 Å². The molecule has 0 saturated carbocycles. The fourth-order valence-corrected chi connectivity index (χ4v) is 3.84. The number of carbonyl (C=O) groups is 1. The minimum absolute atomic E-state index is 0.00159. The van der Waals surface area contributed by atoms with Crippen molar-refractivity contribution in [3.05, 3.63) is 56.2 Å². The summed E-state index contributed by atoms with van der Waals surface area (Å²) >= 11 is 0. The van der Waals surface area contributed by atoms with Gasteiger partial charge in [-0.2, -0.15) is 0 Å². The predicted octanol–water partition coefficient (Wildman–Crippen LogP) is 1.06. The first kappa shape index (κ1) is 25.1. The molecule has 1 aromatic heterocycles. The lowest BCUT2D eigenvalue weighted by Crippen LogP contribution is -2.42. The predicted molar refractivity (Wildman–Crippen MR) is 122 cm³/mol. The lowest BCUT2D eigenvalue weighted by atomic mass is 10.0. The van der Waals surface area contributed by atoms with Crippen molar-refractivity contribution < 1.29 is 19.1 Å². The van der Waals surface area contributed by atoms with Gasteiger partial charge in [0.1, 0.15) is 11.5 Å². The van der Waals surface area contributed by atoms with Crippen LogP contribution in [-0.4, -0.2) is 31.0 Å². The highest BCUT2D eigenvalue weighted by atomic mass is 31.2. The molecule has 11 heteroatoms. The molecule has 0 fully saturated rings. The molecule has 1 aromatic carbocycles. The van der Waals surface area contributed by atoms with Gasteiger partial charge in [0.25, 0.3) is 5.56 Å². The zero-order chi connectivity index (χ0) is 23.9. The molecule has 0 spiro atoms. The van der Waals surface area contributed by atoms with Crippen LogP contribution in [0.2, 0.25) is 0 Å². The monoisotopic (exact) mass is 462 g/mol. The van der Waals surface area contributed by atoms with Crippen molar-refractivity contribution in [1.29, 1.82) is 0 Å². The van der Waals surface area contributed by atoms with Gasteiger partial charge in [-0.25, -0.2) is 9.36 Å². The highest BCUT2D eigenvalue weighted by molar-refractivity contribution is 7.51. The summed E-state index contributed by atoms with van der Waals surface area (Å²) in [6.07, 6.45) is 5.85. The van der Waals surface area contributed by atoms with Gasteiger partial charge in [-0.05, 0) is 37.3 Å². The van der Waals surface area contributed by atoms with Crippen LogP contribution in [0.5, 0.6) is 0 Å². The summed E-state index contributed by atoms with van der Waals surface area (Å²) < 4.78 is 12.9. The van der Waals surface area contributed by atoms with Crippen molar-refractivity contribution in [1.82, 2.24) is 9.13 Å². The third kappa shape index (κ3) is 6.69. The molecule has 1 heterocycles. The summed E-state index contributed by atoms with van der Waals surface area (Å²) in [4.78, 5) is 55.8. The zero-order valence-corrected chi connectivity index (χ0v) is 18.7. The molecule has 172 valence electrons. The second kappa shape index (κ2) is 11.0. The van der Waals surface area contributed by atoms with Gasteiger partial charge in [0, 0.05) is 19.1 Å². The average Bonchev–Trinajstić information content (AvgIpc) is 2.72. The number of nitrogen functional groups attached to an aromatic ring is 1. The molecule has 1 amide bonds. The molecule has 0 aliphatic rings. The van der Waals surface area contributed by atoms with Crippen molar-refractivity contribution in [2.75, 3.05) is 17.2 Å². The van der Waals surface area contributed by atoms with E-state index >= 15 is 0 Å². The normalized spacial score (nSPS) is 11.2. The Morgan fingerprint density at radius 1 is 1.22 bits per heavy atom. The van der Waals surface area contributed by atoms with Crippen LogP contribution in [0.25, 0.3) is 0 Å². The Morgan fingerprint density at radius 2 is 1.91 bits per heavy atom. The van der Waals surface area contributed by atoms with E-state index in [1.54, 1.807) is 0 Å². The quantitative estimate of drug-likeness (QED) is 0.234. The van der Waals surface area contributed by atoms with Gasteiger partial charge in [0.05, 0.1) is 6.54 Å². The van der Waals surface area contributed by atoms with Crippen LogP contribution in [-0.2, 0) is 28.9 Å². The highest BCUT2D eigenvalue weighted by Gasteiger charge is 2.19. The molecular weight excluding hydrogens is 435 g/mol. The van der Waals surface area contributed by atoms with Crippen LogP contribution in [0.15, 0.2) is 33.9 Å². The first-order valence-electron chi connectivity index (χ1n) is 10.0. The van der Waals surface area contributed by atoms with E-state index in [2.05, 4.69) is 11.2 Å². The molecule has 0 saturated heterocycles. The third-order valence-electron chi connectivity index (χ3n) is 4.95. The van der Waals surface area contributed by atoms with Gasteiger partial charge in [-0.1, -0.05) is 30.2 Å². The fraction of sp³-hybridized carbons (Fsp3) is 0.381. The molecule has 0 aliphatic heterocycles. The number of anilines is 2. The van der Waals surface area contributed by atoms with Crippen LogP contribution >= 0.6 is 7.60 Å². The molecule has 0 unspecified atom stereocenters.